The number of anilines is 1. The van der Waals surface area contributed by atoms with Crippen LogP contribution < -0.4 is 10.9 Å². The molecule has 2 heterocycles. The molecular formula is C29H31F5N6O3. The van der Waals surface area contributed by atoms with Crippen LogP contribution in [-0.4, -0.2) is 95.7 Å². The van der Waals surface area contributed by atoms with Crippen molar-refractivity contribution >= 4 is 28.3 Å². The Hall–Kier alpha value is -4.07. The second-order valence-corrected chi connectivity index (χ2v) is 11.4. The van der Waals surface area contributed by atoms with Gasteiger partial charge in [0.1, 0.15) is 11.6 Å². The lowest BCUT2D eigenvalue weighted by molar-refractivity contribution is -0.187. The van der Waals surface area contributed by atoms with Crippen molar-refractivity contribution in [2.45, 2.75) is 31.5 Å². The molecule has 0 atom stereocenters. The van der Waals surface area contributed by atoms with Crippen molar-refractivity contribution in [3.8, 4) is 0 Å². The number of alkyl halides is 3. The number of likely N-dealkylation sites (tertiary alicyclic amines) is 1. The summed E-state index contributed by atoms with van der Waals surface area (Å²) in [5.41, 5.74) is 0.464. The minimum atomic E-state index is -4.96. The van der Waals surface area contributed by atoms with Crippen LogP contribution in [0.15, 0.2) is 35.1 Å². The molecule has 2 aliphatic rings. The van der Waals surface area contributed by atoms with Crippen LogP contribution in [0.3, 0.4) is 0 Å². The molecule has 2 fully saturated rings. The molecule has 3 aromatic rings. The molecule has 2 aromatic carbocycles. The van der Waals surface area contributed by atoms with E-state index in [2.05, 4.69) is 15.5 Å². The van der Waals surface area contributed by atoms with Crippen molar-refractivity contribution in [1.29, 1.82) is 0 Å². The zero-order valence-corrected chi connectivity index (χ0v) is 23.6. The fourth-order valence-electron chi connectivity index (χ4n) is 5.30. The number of likely N-dealkylation sites (N-methyl/N-ethyl adjacent to an activating group) is 1. The van der Waals surface area contributed by atoms with Crippen LogP contribution in [0.1, 0.15) is 34.5 Å². The van der Waals surface area contributed by atoms with Crippen molar-refractivity contribution in [1.82, 2.24) is 24.9 Å². The summed E-state index contributed by atoms with van der Waals surface area (Å²) in [6.45, 7) is 1.17. The summed E-state index contributed by atoms with van der Waals surface area (Å²) in [4.78, 5) is 41.6. The SMILES string of the molecule is CN(C)CCNc1cc(F)cc2c(=O)[nH]nc(Cc3ccc(F)c(C(=O)N4CC(CN(C(=O)C(F)(F)F)C5CC5)C4)c3)c12. The van der Waals surface area contributed by atoms with Crippen LogP contribution in [0.4, 0.5) is 27.6 Å². The van der Waals surface area contributed by atoms with E-state index in [1.54, 1.807) is 0 Å². The molecular weight excluding hydrogens is 575 g/mol. The summed E-state index contributed by atoms with van der Waals surface area (Å²) in [6, 6.07) is 5.93. The van der Waals surface area contributed by atoms with Crippen molar-refractivity contribution < 1.29 is 31.5 Å². The second kappa shape index (κ2) is 11.9. The average molecular weight is 607 g/mol. The zero-order valence-electron chi connectivity index (χ0n) is 23.6. The lowest BCUT2D eigenvalue weighted by atomic mass is 9.96. The maximum absolute atomic E-state index is 14.8. The minimum absolute atomic E-state index is 0.0837. The largest absolute Gasteiger partial charge is 0.471 e. The van der Waals surface area contributed by atoms with E-state index in [-0.39, 0.29) is 42.9 Å². The summed E-state index contributed by atoms with van der Waals surface area (Å²) in [5.74, 6) is -4.22. The summed E-state index contributed by atoms with van der Waals surface area (Å²) < 4.78 is 68.2. The first-order valence-electron chi connectivity index (χ1n) is 13.9. The predicted molar refractivity (Wildman–Crippen MR) is 149 cm³/mol. The van der Waals surface area contributed by atoms with E-state index in [1.165, 1.54) is 23.1 Å². The highest BCUT2D eigenvalue weighted by molar-refractivity contribution is 5.96. The molecule has 0 unspecified atom stereocenters. The molecule has 0 spiro atoms. The molecule has 1 saturated carbocycles. The Morgan fingerprint density at radius 3 is 2.49 bits per heavy atom. The molecule has 5 rings (SSSR count). The van der Waals surface area contributed by atoms with Gasteiger partial charge < -0.3 is 20.0 Å². The number of fused-ring (bicyclic) bond motifs is 1. The zero-order chi connectivity index (χ0) is 31.1. The lowest BCUT2D eigenvalue weighted by Crippen LogP contribution is -2.56. The quantitative estimate of drug-likeness (QED) is 0.344. The summed E-state index contributed by atoms with van der Waals surface area (Å²) >= 11 is 0. The molecule has 230 valence electrons. The molecule has 2 amide bonds. The number of hydrogen-bond donors (Lipinski definition) is 2. The number of benzene rings is 2. The molecule has 1 saturated heterocycles. The van der Waals surface area contributed by atoms with E-state index in [1.807, 2.05) is 19.0 Å². The molecule has 0 bridgehead atoms. The van der Waals surface area contributed by atoms with Gasteiger partial charge in [-0.1, -0.05) is 6.07 Å². The maximum atomic E-state index is 14.8. The Morgan fingerprint density at radius 1 is 1.12 bits per heavy atom. The monoisotopic (exact) mass is 606 g/mol. The van der Waals surface area contributed by atoms with Crippen LogP contribution in [0, 0.1) is 17.6 Å². The van der Waals surface area contributed by atoms with Gasteiger partial charge in [0.05, 0.1) is 16.6 Å². The fraction of sp³-hybridized carbons (Fsp3) is 0.448. The van der Waals surface area contributed by atoms with Gasteiger partial charge in [0.25, 0.3) is 11.5 Å². The number of nitrogens with zero attached hydrogens (tertiary/aromatic N) is 4. The first-order valence-corrected chi connectivity index (χ1v) is 13.9. The highest BCUT2D eigenvalue weighted by Gasteiger charge is 2.48. The molecule has 1 aromatic heterocycles. The van der Waals surface area contributed by atoms with E-state index in [4.69, 9.17) is 0 Å². The molecule has 0 radical (unpaired) electrons. The van der Waals surface area contributed by atoms with Crippen molar-refractivity contribution in [2.75, 3.05) is 52.1 Å². The van der Waals surface area contributed by atoms with Crippen LogP contribution in [0.2, 0.25) is 0 Å². The molecule has 43 heavy (non-hydrogen) atoms. The smallest absolute Gasteiger partial charge is 0.383 e. The Balaban J connectivity index is 1.32. The van der Waals surface area contributed by atoms with Gasteiger partial charge >= 0.3 is 12.1 Å². The highest BCUT2D eigenvalue weighted by atomic mass is 19.4. The van der Waals surface area contributed by atoms with E-state index >= 15 is 0 Å². The van der Waals surface area contributed by atoms with Gasteiger partial charge in [0.2, 0.25) is 0 Å². The van der Waals surface area contributed by atoms with Crippen molar-refractivity contribution in [3.63, 3.8) is 0 Å². The number of amides is 2. The molecule has 9 nitrogen and oxygen atoms in total. The number of aromatic nitrogens is 2. The van der Waals surface area contributed by atoms with Gasteiger partial charge in [0.15, 0.2) is 0 Å². The van der Waals surface area contributed by atoms with Crippen molar-refractivity contribution in [3.05, 3.63) is 69.1 Å². The van der Waals surface area contributed by atoms with Crippen LogP contribution in [0.25, 0.3) is 10.8 Å². The first-order chi connectivity index (χ1) is 20.3. The number of rotatable bonds is 10. The number of hydrogen-bond acceptors (Lipinski definition) is 6. The van der Waals surface area contributed by atoms with Gasteiger partial charge in [-0.15, -0.1) is 0 Å². The van der Waals surface area contributed by atoms with Gasteiger partial charge in [-0.3, -0.25) is 14.4 Å². The van der Waals surface area contributed by atoms with Crippen LogP contribution >= 0.6 is 0 Å². The second-order valence-electron chi connectivity index (χ2n) is 11.4. The molecule has 1 aliphatic carbocycles. The number of H-pyrrole nitrogens is 1. The molecule has 2 N–H and O–H groups in total. The Labute approximate surface area is 243 Å². The summed E-state index contributed by atoms with van der Waals surface area (Å²) in [5, 5.41) is 10.2. The number of nitrogens with one attached hydrogen (secondary N) is 2. The van der Waals surface area contributed by atoms with E-state index in [9.17, 15) is 36.3 Å². The van der Waals surface area contributed by atoms with Crippen LogP contribution in [0.5, 0.6) is 0 Å². The Morgan fingerprint density at radius 2 is 1.84 bits per heavy atom. The first kappa shape index (κ1) is 30.4. The predicted octanol–water partition coefficient (Wildman–Crippen LogP) is 3.39. The van der Waals surface area contributed by atoms with Gasteiger partial charge in [0, 0.05) is 62.2 Å². The maximum Gasteiger partial charge on any atom is 0.471 e. The number of halogens is 5. The van der Waals surface area contributed by atoms with E-state index in [0.29, 0.717) is 48.3 Å². The highest BCUT2D eigenvalue weighted by Crippen LogP contribution is 2.33. The van der Waals surface area contributed by atoms with Gasteiger partial charge in [-0.25, -0.2) is 13.9 Å². The van der Waals surface area contributed by atoms with Crippen LogP contribution in [-0.2, 0) is 11.2 Å². The summed E-state index contributed by atoms with van der Waals surface area (Å²) in [7, 11) is 3.77. The lowest BCUT2D eigenvalue weighted by Gasteiger charge is -2.42. The van der Waals surface area contributed by atoms with Gasteiger partial charge in [-0.2, -0.15) is 18.3 Å². The normalized spacial score (nSPS) is 15.6. The minimum Gasteiger partial charge on any atom is -0.383 e. The molecule has 14 heteroatoms. The average Bonchev–Trinajstić information content (AvgIpc) is 3.75. The third-order valence-electron chi connectivity index (χ3n) is 7.63. The fourth-order valence-corrected chi connectivity index (χ4v) is 5.30. The third-order valence-corrected chi connectivity index (χ3v) is 7.63. The van der Waals surface area contributed by atoms with Gasteiger partial charge in [-0.05, 0) is 56.8 Å². The molecule has 1 aliphatic heterocycles. The van der Waals surface area contributed by atoms with E-state index < -0.39 is 41.2 Å². The van der Waals surface area contributed by atoms with E-state index in [0.717, 1.165) is 17.0 Å². The topological polar surface area (TPSA) is 102 Å². The number of carbonyl (C=O) groups is 2. The third kappa shape index (κ3) is 6.79. The standard InChI is InChI=1S/C29H31F5N6O3/c1-38(2)8-7-35-23-12-18(30)11-21-25(23)24(36-37-26(21)41)10-16-3-6-22(31)20(9-16)27(42)39-13-17(14-39)15-40(19-4-5-19)28(43)29(32,33)34/h3,6,9,11-12,17,19,35H,4-5,7-8,10,13-15H2,1-2H3,(H,37,41). The number of carbonyl (C=O) groups excluding carboxylic acids is 2. The number of aromatic amines is 1. The Bertz CT molecular complexity index is 1600. The Kier molecular flexibility index (Phi) is 8.41. The van der Waals surface area contributed by atoms with Crippen molar-refractivity contribution in [2.24, 2.45) is 5.92 Å². The summed E-state index contributed by atoms with van der Waals surface area (Å²) in [6.07, 6.45) is -3.86.